The molecule has 0 spiro atoms. The van der Waals surface area contributed by atoms with Gasteiger partial charge in [0.1, 0.15) is 11.6 Å². The normalized spacial score (nSPS) is 14.2. The Hall–Kier alpha value is -4.04. The molecule has 0 atom stereocenters. The van der Waals surface area contributed by atoms with Crippen LogP contribution in [0.4, 0.5) is 5.82 Å². The number of fused-ring (bicyclic) bond motifs is 1. The van der Waals surface area contributed by atoms with Crippen LogP contribution < -0.4 is 10.1 Å². The van der Waals surface area contributed by atoms with E-state index >= 15 is 0 Å². The van der Waals surface area contributed by atoms with Gasteiger partial charge in [-0.15, -0.1) is 0 Å². The van der Waals surface area contributed by atoms with Crippen LogP contribution in [0.25, 0.3) is 33.4 Å². The van der Waals surface area contributed by atoms with Crippen molar-refractivity contribution < 1.29 is 9.53 Å². The number of anilines is 1. The fraction of sp³-hybridized carbons (Fsp3) is 0.259. The van der Waals surface area contributed by atoms with Gasteiger partial charge in [-0.05, 0) is 54.6 Å². The maximum atomic E-state index is 12.5. The van der Waals surface area contributed by atoms with Crippen molar-refractivity contribution >= 4 is 22.6 Å². The molecule has 1 aliphatic heterocycles. The van der Waals surface area contributed by atoms with Gasteiger partial charge in [0.25, 0.3) is 5.91 Å². The number of aromatic nitrogens is 3. The van der Waals surface area contributed by atoms with E-state index in [0.717, 1.165) is 59.6 Å². The van der Waals surface area contributed by atoms with E-state index in [1.165, 1.54) is 0 Å². The Kier molecular flexibility index (Phi) is 6.54. The zero-order chi connectivity index (χ0) is 24.2. The number of carbonyl (C=O) groups is 1. The monoisotopic (exact) mass is 468 g/mol. The van der Waals surface area contributed by atoms with Crippen molar-refractivity contribution in [1.29, 1.82) is 0 Å². The molecule has 5 rings (SSSR count). The summed E-state index contributed by atoms with van der Waals surface area (Å²) in [4.78, 5) is 30.3. The van der Waals surface area contributed by atoms with Gasteiger partial charge < -0.3 is 19.9 Å². The highest BCUT2D eigenvalue weighted by molar-refractivity contribution is 5.94. The molecule has 1 saturated heterocycles. The van der Waals surface area contributed by atoms with Gasteiger partial charge in [-0.1, -0.05) is 18.2 Å². The number of piperazine rings is 1. The van der Waals surface area contributed by atoms with Crippen LogP contribution in [0.2, 0.25) is 0 Å². The van der Waals surface area contributed by atoms with Gasteiger partial charge in [0.2, 0.25) is 0 Å². The Morgan fingerprint density at radius 3 is 2.54 bits per heavy atom. The van der Waals surface area contributed by atoms with E-state index in [1.54, 1.807) is 12.4 Å². The van der Waals surface area contributed by atoms with Crippen LogP contribution in [-0.2, 0) is 4.79 Å². The molecule has 4 aromatic rings. The molecule has 1 amide bonds. The smallest absolute Gasteiger partial charge is 0.260 e. The molecular formula is C27H28N6O2. The Balaban J connectivity index is 1.36. The highest BCUT2D eigenvalue weighted by Gasteiger charge is 2.19. The minimum absolute atomic E-state index is 0.0226. The number of hydrogen-bond donors (Lipinski definition) is 1. The number of nitrogens with one attached hydrogen (secondary N) is 1. The number of pyridine rings is 1. The highest BCUT2D eigenvalue weighted by Crippen LogP contribution is 2.30. The zero-order valence-corrected chi connectivity index (χ0v) is 19.9. The van der Waals surface area contributed by atoms with Crippen molar-refractivity contribution in [1.82, 2.24) is 24.8 Å². The third-order valence-corrected chi connectivity index (χ3v) is 6.24. The lowest BCUT2D eigenvalue weighted by atomic mass is 10.0. The fourth-order valence-corrected chi connectivity index (χ4v) is 4.18. The van der Waals surface area contributed by atoms with Crippen molar-refractivity contribution in [2.24, 2.45) is 0 Å². The standard InChI is InChI=1S/C27H28N6O2/c1-28-27-23-16-20(8-9-24(23)30-26(31-27)21-6-4-10-29-17-21)19-5-3-7-22(15-19)35-18-25(34)33-13-11-32(2)12-14-33/h3-10,15-17H,11-14,18H2,1-2H3,(H,28,30,31). The Bertz CT molecular complexity index is 1340. The lowest BCUT2D eigenvalue weighted by Gasteiger charge is -2.32. The fourth-order valence-electron chi connectivity index (χ4n) is 4.18. The number of carbonyl (C=O) groups excluding carboxylic acids is 1. The summed E-state index contributed by atoms with van der Waals surface area (Å²) in [5.41, 5.74) is 3.72. The van der Waals surface area contributed by atoms with Crippen LogP contribution in [0.1, 0.15) is 0 Å². The average molecular weight is 469 g/mol. The van der Waals surface area contributed by atoms with Crippen molar-refractivity contribution in [3.8, 4) is 28.3 Å². The lowest BCUT2D eigenvalue weighted by Crippen LogP contribution is -2.48. The maximum absolute atomic E-state index is 12.5. The van der Waals surface area contributed by atoms with E-state index in [9.17, 15) is 4.79 Å². The summed E-state index contributed by atoms with van der Waals surface area (Å²) in [6.07, 6.45) is 3.49. The molecule has 0 bridgehead atoms. The second-order valence-electron chi connectivity index (χ2n) is 8.62. The summed E-state index contributed by atoms with van der Waals surface area (Å²) < 4.78 is 5.86. The molecule has 8 nitrogen and oxygen atoms in total. The first-order chi connectivity index (χ1) is 17.1. The first-order valence-corrected chi connectivity index (χ1v) is 11.7. The molecule has 2 aromatic carbocycles. The number of nitrogens with zero attached hydrogens (tertiary/aromatic N) is 5. The van der Waals surface area contributed by atoms with Gasteiger partial charge in [-0.25, -0.2) is 9.97 Å². The number of rotatable bonds is 6. The molecule has 0 saturated carbocycles. The molecule has 0 radical (unpaired) electrons. The van der Waals surface area contributed by atoms with Gasteiger partial charge in [-0.3, -0.25) is 9.78 Å². The van der Waals surface area contributed by atoms with Crippen LogP contribution in [0.15, 0.2) is 67.0 Å². The molecule has 1 N–H and O–H groups in total. The largest absolute Gasteiger partial charge is 0.484 e. The SMILES string of the molecule is CNc1nc(-c2cccnc2)nc2ccc(-c3cccc(OCC(=O)N4CCN(C)CC4)c3)cc12. The first kappa shape index (κ1) is 22.7. The Labute approximate surface area is 204 Å². The topological polar surface area (TPSA) is 83.5 Å². The van der Waals surface area contributed by atoms with Crippen LogP contribution >= 0.6 is 0 Å². The first-order valence-electron chi connectivity index (χ1n) is 11.7. The van der Waals surface area contributed by atoms with Gasteiger partial charge in [-0.2, -0.15) is 0 Å². The summed E-state index contributed by atoms with van der Waals surface area (Å²) in [5.74, 6) is 2.07. The van der Waals surface area contributed by atoms with E-state index in [1.807, 2.05) is 60.5 Å². The summed E-state index contributed by atoms with van der Waals surface area (Å²) in [5, 5.41) is 4.12. The van der Waals surface area contributed by atoms with Crippen molar-refractivity contribution in [3.05, 3.63) is 67.0 Å². The van der Waals surface area contributed by atoms with Gasteiger partial charge in [0.15, 0.2) is 12.4 Å². The number of likely N-dealkylation sites (N-methyl/N-ethyl adjacent to an activating group) is 1. The van der Waals surface area contributed by atoms with Crippen molar-refractivity contribution in [2.45, 2.75) is 0 Å². The number of benzene rings is 2. The Morgan fingerprint density at radius 1 is 0.971 bits per heavy atom. The molecule has 0 aliphatic carbocycles. The molecule has 8 heteroatoms. The second-order valence-corrected chi connectivity index (χ2v) is 8.62. The molecule has 0 unspecified atom stereocenters. The third-order valence-electron chi connectivity index (χ3n) is 6.24. The molecule has 1 aliphatic rings. The molecule has 1 fully saturated rings. The molecule has 178 valence electrons. The van der Waals surface area contributed by atoms with Gasteiger partial charge in [0, 0.05) is 56.6 Å². The predicted molar refractivity (Wildman–Crippen MR) is 137 cm³/mol. The summed E-state index contributed by atoms with van der Waals surface area (Å²) in [7, 11) is 3.93. The molecular weight excluding hydrogens is 440 g/mol. The predicted octanol–water partition coefficient (Wildman–Crippen LogP) is 3.55. The van der Waals surface area contributed by atoms with Crippen molar-refractivity contribution in [3.63, 3.8) is 0 Å². The van der Waals surface area contributed by atoms with E-state index in [-0.39, 0.29) is 12.5 Å². The van der Waals surface area contributed by atoms with E-state index in [4.69, 9.17) is 14.7 Å². The minimum atomic E-state index is 0.0226. The highest BCUT2D eigenvalue weighted by atomic mass is 16.5. The molecule has 35 heavy (non-hydrogen) atoms. The van der Waals surface area contributed by atoms with E-state index in [2.05, 4.69) is 28.3 Å². The third kappa shape index (κ3) is 5.07. The maximum Gasteiger partial charge on any atom is 0.260 e. The van der Waals surface area contributed by atoms with E-state index < -0.39 is 0 Å². The number of ether oxygens (including phenoxy) is 1. The van der Waals surface area contributed by atoms with Crippen LogP contribution in [0.5, 0.6) is 5.75 Å². The second kappa shape index (κ2) is 10.1. The van der Waals surface area contributed by atoms with Crippen LogP contribution in [0.3, 0.4) is 0 Å². The average Bonchev–Trinajstić information content (AvgIpc) is 2.92. The Morgan fingerprint density at radius 2 is 1.77 bits per heavy atom. The van der Waals surface area contributed by atoms with Gasteiger partial charge in [0.05, 0.1) is 5.52 Å². The molecule has 3 heterocycles. The van der Waals surface area contributed by atoms with Crippen LogP contribution in [0, 0.1) is 0 Å². The number of amides is 1. The molecule has 2 aromatic heterocycles. The van der Waals surface area contributed by atoms with E-state index in [0.29, 0.717) is 11.6 Å². The van der Waals surface area contributed by atoms with Crippen LogP contribution in [-0.4, -0.2) is 77.5 Å². The van der Waals surface area contributed by atoms with Gasteiger partial charge >= 0.3 is 0 Å². The summed E-state index contributed by atoms with van der Waals surface area (Å²) in [6.45, 7) is 3.32. The zero-order valence-electron chi connectivity index (χ0n) is 19.9. The minimum Gasteiger partial charge on any atom is -0.484 e. The summed E-state index contributed by atoms with van der Waals surface area (Å²) in [6, 6.07) is 17.7. The van der Waals surface area contributed by atoms with Crippen molar-refractivity contribution in [2.75, 3.05) is 52.2 Å². The quantitative estimate of drug-likeness (QED) is 0.463. The lowest BCUT2D eigenvalue weighted by molar-refractivity contribution is -0.134. The summed E-state index contributed by atoms with van der Waals surface area (Å²) >= 11 is 0. The number of hydrogen-bond acceptors (Lipinski definition) is 7.